The van der Waals surface area contributed by atoms with Gasteiger partial charge in [-0.15, -0.1) is 13.2 Å². The molecule has 0 spiro atoms. The van der Waals surface area contributed by atoms with Crippen LogP contribution in [0.25, 0.3) is 0 Å². The summed E-state index contributed by atoms with van der Waals surface area (Å²) in [5, 5.41) is 0. The van der Waals surface area contributed by atoms with E-state index < -0.39 is 23.2 Å². The summed E-state index contributed by atoms with van der Waals surface area (Å²) in [5.74, 6) is -2.85. The van der Waals surface area contributed by atoms with Gasteiger partial charge in [-0.1, -0.05) is 97.9 Å². The van der Waals surface area contributed by atoms with Gasteiger partial charge in [0.15, 0.2) is 11.6 Å². The Hall–Kier alpha value is -3.27. The van der Waals surface area contributed by atoms with Crippen molar-refractivity contribution in [2.75, 3.05) is 6.61 Å². The van der Waals surface area contributed by atoms with Crippen molar-refractivity contribution in [3.05, 3.63) is 135 Å². The lowest BCUT2D eigenvalue weighted by Gasteiger charge is -2.16. The fourth-order valence-corrected chi connectivity index (χ4v) is 2.51. The number of ether oxygens (including phenoxy) is 1. The van der Waals surface area contributed by atoms with Gasteiger partial charge in [-0.3, -0.25) is 0 Å². The number of allylic oxidation sites excluding steroid dienone is 11. The number of rotatable bonds is 16. The summed E-state index contributed by atoms with van der Waals surface area (Å²) in [6.45, 7) is 37.7. The Morgan fingerprint density at radius 1 is 0.829 bits per heavy atom. The molecule has 2 unspecified atom stereocenters. The van der Waals surface area contributed by atoms with Crippen LogP contribution in [0.1, 0.15) is 40.0 Å². The molecule has 2 atom stereocenters. The average molecular weight is 487 g/mol. The van der Waals surface area contributed by atoms with Crippen LogP contribution in [0.4, 0.5) is 13.2 Å². The lowest BCUT2D eigenvalue weighted by molar-refractivity contribution is 0.241. The monoisotopic (exact) mass is 486 g/mol. The first-order valence-electron chi connectivity index (χ1n) is 11.4. The van der Waals surface area contributed by atoms with Gasteiger partial charge in [-0.05, 0) is 46.6 Å². The summed E-state index contributed by atoms with van der Waals surface area (Å²) >= 11 is 0. The fraction of sp³-hybridized carbons (Fsp3) is 0.290. The van der Waals surface area contributed by atoms with E-state index in [-0.39, 0.29) is 23.7 Å². The van der Waals surface area contributed by atoms with Gasteiger partial charge in [0, 0.05) is 5.57 Å². The molecule has 192 valence electrons. The standard InChI is InChI=1S/C29H37F3O.C2H4/c1-11-17-33-26(10)29(32)28(31)25(9)22(6)16-15-20(4)23(7)18-27(30)24(8)21(5)14-13-19(3)12-2;1-2/h11,15-16,18-19,21H,1,4,6-10,12-14,17H2,2-3,5H3;1-2H2/b16-15-,27-18+,29-28-;. The largest absolute Gasteiger partial charge is 0.487 e. The second-order valence-electron chi connectivity index (χ2n) is 8.05. The zero-order chi connectivity index (χ0) is 27.7. The third-order valence-corrected chi connectivity index (χ3v) is 5.36. The third kappa shape index (κ3) is 12.7. The molecule has 0 aromatic heterocycles. The van der Waals surface area contributed by atoms with Crippen LogP contribution in [-0.2, 0) is 4.74 Å². The summed E-state index contributed by atoms with van der Waals surface area (Å²) in [7, 11) is 0. The van der Waals surface area contributed by atoms with Crippen LogP contribution in [-0.4, -0.2) is 6.61 Å². The highest BCUT2D eigenvalue weighted by molar-refractivity contribution is 5.52. The van der Waals surface area contributed by atoms with E-state index in [1.165, 1.54) is 24.3 Å². The van der Waals surface area contributed by atoms with Crippen molar-refractivity contribution in [1.82, 2.24) is 0 Å². The number of halogens is 3. The van der Waals surface area contributed by atoms with Crippen LogP contribution in [0, 0.1) is 11.8 Å². The van der Waals surface area contributed by atoms with E-state index in [9.17, 15) is 13.2 Å². The quantitative estimate of drug-likeness (QED) is 0.120. The van der Waals surface area contributed by atoms with Crippen LogP contribution in [0.3, 0.4) is 0 Å². The van der Waals surface area contributed by atoms with Crippen molar-refractivity contribution in [1.29, 1.82) is 0 Å². The number of hydrogen-bond donors (Lipinski definition) is 0. The van der Waals surface area contributed by atoms with Crippen LogP contribution in [0.2, 0.25) is 0 Å². The summed E-state index contributed by atoms with van der Waals surface area (Å²) in [6.07, 6.45) is 8.46. The maximum absolute atomic E-state index is 14.6. The summed E-state index contributed by atoms with van der Waals surface area (Å²) in [5.41, 5.74) is 0.931. The highest BCUT2D eigenvalue weighted by atomic mass is 19.2. The Morgan fingerprint density at radius 2 is 1.37 bits per heavy atom. The van der Waals surface area contributed by atoms with E-state index >= 15 is 0 Å². The minimum absolute atomic E-state index is 0.00447. The third-order valence-electron chi connectivity index (χ3n) is 5.36. The zero-order valence-corrected chi connectivity index (χ0v) is 21.7. The van der Waals surface area contributed by atoms with E-state index in [1.54, 1.807) is 0 Å². The molecule has 4 heteroatoms. The number of hydrogen-bond acceptors (Lipinski definition) is 1. The minimum atomic E-state index is -1.27. The molecule has 0 saturated heterocycles. The van der Waals surface area contributed by atoms with Crippen molar-refractivity contribution in [2.24, 2.45) is 11.8 Å². The molecule has 35 heavy (non-hydrogen) atoms. The highest BCUT2D eigenvalue weighted by Gasteiger charge is 2.16. The molecular weight excluding hydrogens is 445 g/mol. The van der Waals surface area contributed by atoms with Gasteiger partial charge in [0.05, 0.1) is 0 Å². The highest BCUT2D eigenvalue weighted by Crippen LogP contribution is 2.29. The van der Waals surface area contributed by atoms with Crippen molar-refractivity contribution >= 4 is 0 Å². The van der Waals surface area contributed by atoms with E-state index in [0.717, 1.165) is 19.3 Å². The molecule has 0 saturated carbocycles. The van der Waals surface area contributed by atoms with E-state index in [0.29, 0.717) is 22.6 Å². The average Bonchev–Trinajstić information content (AvgIpc) is 2.87. The Balaban J connectivity index is 0. The molecule has 0 fully saturated rings. The second kappa shape index (κ2) is 18.1. The zero-order valence-electron chi connectivity index (χ0n) is 21.7. The first-order chi connectivity index (χ1) is 16.4. The molecule has 0 heterocycles. The second-order valence-corrected chi connectivity index (χ2v) is 8.05. The molecule has 0 aliphatic carbocycles. The Morgan fingerprint density at radius 3 is 1.89 bits per heavy atom. The van der Waals surface area contributed by atoms with Crippen LogP contribution >= 0.6 is 0 Å². The summed E-state index contributed by atoms with van der Waals surface area (Å²) < 4.78 is 47.9. The molecule has 0 aliphatic heterocycles. The van der Waals surface area contributed by atoms with Gasteiger partial charge in [0.1, 0.15) is 12.4 Å². The SMILES string of the molecule is C=C.C=CCOC(=C)/C(F)=C(/F)C(=C)C(=C)/C=C\C(=C)C(=C)/C=C(/F)C(=C)C(C)CCC(C)CC. The lowest BCUT2D eigenvalue weighted by atomic mass is 9.91. The molecule has 0 aromatic rings. The van der Waals surface area contributed by atoms with E-state index in [2.05, 4.69) is 73.1 Å². The normalized spacial score (nSPS) is 13.5. The smallest absolute Gasteiger partial charge is 0.200 e. The first-order valence-corrected chi connectivity index (χ1v) is 11.4. The van der Waals surface area contributed by atoms with Crippen molar-refractivity contribution < 1.29 is 17.9 Å². The molecule has 1 nitrogen and oxygen atoms in total. The van der Waals surface area contributed by atoms with Gasteiger partial charge < -0.3 is 4.74 Å². The Labute approximate surface area is 211 Å². The van der Waals surface area contributed by atoms with Crippen molar-refractivity contribution in [3.63, 3.8) is 0 Å². The van der Waals surface area contributed by atoms with E-state index in [1.807, 2.05) is 6.92 Å². The van der Waals surface area contributed by atoms with Crippen LogP contribution < -0.4 is 0 Å². The molecule has 0 aromatic carbocycles. The van der Waals surface area contributed by atoms with Gasteiger partial charge in [0.25, 0.3) is 0 Å². The topological polar surface area (TPSA) is 9.23 Å². The molecule has 0 amide bonds. The fourth-order valence-electron chi connectivity index (χ4n) is 2.51. The minimum Gasteiger partial charge on any atom is -0.487 e. The maximum atomic E-state index is 14.6. The first kappa shape index (κ1) is 33.9. The molecule has 0 rings (SSSR count). The predicted molar refractivity (Wildman–Crippen MR) is 148 cm³/mol. The molecule has 0 N–H and O–H groups in total. The summed E-state index contributed by atoms with van der Waals surface area (Å²) in [6, 6.07) is 0. The Bertz CT molecular complexity index is 912. The molecule has 0 radical (unpaired) electrons. The van der Waals surface area contributed by atoms with Crippen molar-refractivity contribution in [3.8, 4) is 0 Å². The Kier molecular flexibility index (Phi) is 17.5. The molecule has 0 bridgehead atoms. The molecular formula is C31H41F3O. The van der Waals surface area contributed by atoms with Gasteiger partial charge in [-0.2, -0.15) is 4.39 Å². The van der Waals surface area contributed by atoms with E-state index in [4.69, 9.17) is 4.74 Å². The van der Waals surface area contributed by atoms with Crippen LogP contribution in [0.5, 0.6) is 0 Å². The maximum Gasteiger partial charge on any atom is 0.200 e. The summed E-state index contributed by atoms with van der Waals surface area (Å²) in [4.78, 5) is 0. The van der Waals surface area contributed by atoms with Gasteiger partial charge in [-0.25, -0.2) is 8.78 Å². The van der Waals surface area contributed by atoms with Gasteiger partial charge in [0.2, 0.25) is 5.83 Å². The van der Waals surface area contributed by atoms with Crippen LogP contribution in [0.15, 0.2) is 135 Å². The van der Waals surface area contributed by atoms with Gasteiger partial charge >= 0.3 is 0 Å². The lowest BCUT2D eigenvalue weighted by Crippen LogP contribution is -2.03. The van der Waals surface area contributed by atoms with Crippen molar-refractivity contribution in [2.45, 2.75) is 40.0 Å². The molecule has 0 aliphatic rings. The predicted octanol–water partition coefficient (Wildman–Crippen LogP) is 10.3.